The first-order chi connectivity index (χ1) is 6.19. The van der Waals surface area contributed by atoms with Crippen molar-refractivity contribution in [2.45, 2.75) is 0 Å². The van der Waals surface area contributed by atoms with Crippen LogP contribution in [-0.2, 0) is 0 Å². The summed E-state index contributed by atoms with van der Waals surface area (Å²) in [6, 6.07) is 3.99. The molecule has 0 atom stereocenters. The summed E-state index contributed by atoms with van der Waals surface area (Å²) in [4.78, 5) is 2.52. The van der Waals surface area contributed by atoms with Gasteiger partial charge in [0, 0.05) is 4.91 Å². The van der Waals surface area contributed by atoms with E-state index in [0.717, 1.165) is 6.07 Å². The molecule has 0 unspecified atom stereocenters. The normalized spacial score (nSPS) is 8.69. The number of benzene rings is 1. The summed E-state index contributed by atoms with van der Waals surface area (Å²) in [5, 5.41) is 11.8. The van der Waals surface area contributed by atoms with Crippen molar-refractivity contribution >= 4 is 21.6 Å². The van der Waals surface area contributed by atoms with Crippen LogP contribution in [0.15, 0.2) is 21.7 Å². The van der Waals surface area contributed by atoms with Gasteiger partial charge in [-0.2, -0.15) is 5.26 Å². The van der Waals surface area contributed by atoms with Crippen LogP contribution in [0.1, 0.15) is 5.56 Å². The number of hydrogen-bond donors (Lipinski definition) is 0. The summed E-state index contributed by atoms with van der Waals surface area (Å²) in [6.07, 6.45) is 0. The molecule has 0 saturated carbocycles. The summed E-state index contributed by atoms with van der Waals surface area (Å²) in [6.45, 7) is 0. The van der Waals surface area contributed by atoms with E-state index in [2.05, 4.69) is 26.0 Å². The Morgan fingerprint density at radius 1 is 1.62 bits per heavy atom. The lowest BCUT2D eigenvalue weighted by molar-refractivity contribution is 0.621. The molecule has 0 fully saturated rings. The smallest absolute Gasteiger partial charge is 0.138 e. The largest absolute Gasteiger partial charge is 0.206 e. The van der Waals surface area contributed by atoms with Crippen LogP contribution in [0.4, 0.5) is 10.1 Å². The quantitative estimate of drug-likeness (QED) is 0.421. The van der Waals surface area contributed by atoms with Gasteiger partial charge in [0.05, 0.1) is 21.8 Å². The number of halogens is 2. The molecule has 0 bridgehead atoms. The molecule has 1 rings (SSSR count). The van der Waals surface area contributed by atoms with E-state index in [1.165, 1.54) is 6.07 Å². The molecule has 1 aromatic carbocycles. The molecule has 0 amide bonds. The average Bonchev–Trinajstić information content (AvgIpc) is 2.11. The summed E-state index contributed by atoms with van der Waals surface area (Å²) < 4.78 is 13.0. The topological polar surface area (TPSA) is 72.5 Å². The van der Waals surface area contributed by atoms with Gasteiger partial charge in [-0.15, -0.1) is 0 Å². The molecule has 13 heavy (non-hydrogen) atoms. The summed E-state index contributed by atoms with van der Waals surface area (Å²) in [5.41, 5.74) is 8.26. The number of azide groups is 1. The Balaban J connectivity index is 3.43. The Morgan fingerprint density at radius 3 is 2.85 bits per heavy atom. The molecule has 0 heterocycles. The van der Waals surface area contributed by atoms with Crippen LogP contribution in [0.25, 0.3) is 10.4 Å². The van der Waals surface area contributed by atoms with Crippen molar-refractivity contribution in [1.82, 2.24) is 0 Å². The minimum atomic E-state index is -0.562. The van der Waals surface area contributed by atoms with E-state index in [9.17, 15) is 4.39 Å². The molecular weight excluding hydrogens is 239 g/mol. The molecule has 0 spiro atoms. The highest BCUT2D eigenvalue weighted by molar-refractivity contribution is 9.10. The Hall–Kier alpha value is -1.57. The van der Waals surface area contributed by atoms with Crippen molar-refractivity contribution in [3.05, 3.63) is 38.4 Å². The van der Waals surface area contributed by atoms with Gasteiger partial charge in [-0.3, -0.25) is 0 Å². The molecule has 1 aromatic rings. The average molecular weight is 241 g/mol. The third-order valence-electron chi connectivity index (χ3n) is 1.31. The van der Waals surface area contributed by atoms with Crippen LogP contribution >= 0.6 is 15.9 Å². The predicted molar refractivity (Wildman–Crippen MR) is 47.6 cm³/mol. The fourth-order valence-corrected chi connectivity index (χ4v) is 1.09. The highest BCUT2D eigenvalue weighted by Crippen LogP contribution is 2.26. The second-order valence-corrected chi connectivity index (χ2v) is 2.94. The van der Waals surface area contributed by atoms with Gasteiger partial charge >= 0.3 is 0 Å². The fraction of sp³-hybridized carbons (Fsp3) is 0. The minimum absolute atomic E-state index is 0.0125. The molecule has 0 radical (unpaired) electrons. The van der Waals surface area contributed by atoms with Crippen LogP contribution in [-0.4, -0.2) is 0 Å². The van der Waals surface area contributed by atoms with Crippen molar-refractivity contribution in [2.24, 2.45) is 5.11 Å². The van der Waals surface area contributed by atoms with Gasteiger partial charge in [-0.25, -0.2) is 4.39 Å². The predicted octanol–water partition coefficient (Wildman–Crippen LogP) is 3.40. The van der Waals surface area contributed by atoms with Crippen molar-refractivity contribution in [2.75, 3.05) is 0 Å². The molecule has 64 valence electrons. The number of nitriles is 1. The van der Waals surface area contributed by atoms with E-state index in [-0.39, 0.29) is 15.7 Å². The zero-order valence-corrected chi connectivity index (χ0v) is 7.79. The standard InChI is InChI=1S/C7H2BrFN4/c8-5-2-7(12-13-11)4(3-10)1-6(5)9/h1-2H. The molecule has 6 heteroatoms. The monoisotopic (exact) mass is 240 g/mol. The van der Waals surface area contributed by atoms with Crippen LogP contribution in [0.3, 0.4) is 0 Å². The SMILES string of the molecule is N#Cc1cc(F)c(Br)cc1N=[N+]=[N-]. The first-order valence-corrected chi connectivity index (χ1v) is 3.92. The zero-order chi connectivity index (χ0) is 9.84. The van der Waals surface area contributed by atoms with Crippen LogP contribution in [0.5, 0.6) is 0 Å². The fourth-order valence-electron chi connectivity index (χ4n) is 0.757. The van der Waals surface area contributed by atoms with E-state index in [1.54, 1.807) is 6.07 Å². The van der Waals surface area contributed by atoms with Gasteiger partial charge in [-0.05, 0) is 33.6 Å². The molecular formula is C7H2BrFN4. The zero-order valence-electron chi connectivity index (χ0n) is 6.20. The van der Waals surface area contributed by atoms with Gasteiger partial charge < -0.3 is 0 Å². The maximum Gasteiger partial charge on any atom is 0.138 e. The van der Waals surface area contributed by atoms with Crippen molar-refractivity contribution in [3.8, 4) is 6.07 Å². The van der Waals surface area contributed by atoms with Gasteiger partial charge in [0.1, 0.15) is 5.82 Å². The molecule has 0 aliphatic rings. The first kappa shape index (κ1) is 9.52. The van der Waals surface area contributed by atoms with Crippen LogP contribution < -0.4 is 0 Å². The highest BCUT2D eigenvalue weighted by atomic mass is 79.9. The summed E-state index contributed by atoms with van der Waals surface area (Å²) in [7, 11) is 0. The lowest BCUT2D eigenvalue weighted by Gasteiger charge is -1.98. The second kappa shape index (κ2) is 3.90. The summed E-state index contributed by atoms with van der Waals surface area (Å²) >= 11 is 2.91. The van der Waals surface area contributed by atoms with Crippen LogP contribution in [0, 0.1) is 17.1 Å². The maximum atomic E-state index is 12.9. The highest BCUT2D eigenvalue weighted by Gasteiger charge is 2.05. The summed E-state index contributed by atoms with van der Waals surface area (Å²) in [5.74, 6) is -0.562. The molecule has 0 N–H and O–H groups in total. The molecule has 0 aliphatic carbocycles. The number of nitrogens with zero attached hydrogens (tertiary/aromatic N) is 4. The van der Waals surface area contributed by atoms with Crippen LogP contribution in [0.2, 0.25) is 0 Å². The lowest BCUT2D eigenvalue weighted by atomic mass is 10.2. The van der Waals surface area contributed by atoms with E-state index in [4.69, 9.17) is 10.8 Å². The molecule has 0 aliphatic heterocycles. The lowest BCUT2D eigenvalue weighted by Crippen LogP contribution is -1.81. The van der Waals surface area contributed by atoms with Crippen molar-refractivity contribution in [1.29, 1.82) is 5.26 Å². The second-order valence-electron chi connectivity index (χ2n) is 2.08. The maximum absolute atomic E-state index is 12.9. The van der Waals surface area contributed by atoms with Gasteiger partial charge in [0.25, 0.3) is 0 Å². The Labute approximate surface area is 81.4 Å². The minimum Gasteiger partial charge on any atom is -0.206 e. The molecule has 0 aromatic heterocycles. The first-order valence-electron chi connectivity index (χ1n) is 3.13. The molecule has 4 nitrogen and oxygen atoms in total. The molecule has 0 saturated heterocycles. The van der Waals surface area contributed by atoms with Crippen molar-refractivity contribution in [3.63, 3.8) is 0 Å². The van der Waals surface area contributed by atoms with E-state index in [0.29, 0.717) is 0 Å². The number of hydrogen-bond acceptors (Lipinski definition) is 2. The Kier molecular flexibility index (Phi) is 2.85. The third-order valence-corrected chi connectivity index (χ3v) is 1.92. The van der Waals surface area contributed by atoms with Gasteiger partial charge in [0.15, 0.2) is 0 Å². The van der Waals surface area contributed by atoms with E-state index < -0.39 is 5.82 Å². The van der Waals surface area contributed by atoms with Gasteiger partial charge in [-0.1, -0.05) is 5.11 Å². The van der Waals surface area contributed by atoms with E-state index in [1.807, 2.05) is 0 Å². The third kappa shape index (κ3) is 1.96. The van der Waals surface area contributed by atoms with E-state index >= 15 is 0 Å². The number of rotatable bonds is 1. The van der Waals surface area contributed by atoms with Crippen molar-refractivity contribution < 1.29 is 4.39 Å². The van der Waals surface area contributed by atoms with Gasteiger partial charge in [0.2, 0.25) is 0 Å². The Bertz CT molecular complexity index is 431. The Morgan fingerprint density at radius 2 is 2.31 bits per heavy atom.